The fraction of sp³-hybridized carbons (Fsp3) is 0.733. The van der Waals surface area contributed by atoms with Crippen LogP contribution in [0.25, 0.3) is 0 Å². The number of unbranched alkanes of at least 4 members (excludes halogenated alkanes) is 6. The van der Waals surface area contributed by atoms with E-state index < -0.39 is 0 Å². The maximum Gasteiger partial charge on any atom is 0.0281 e. The lowest BCUT2D eigenvalue weighted by Gasteiger charge is -2.04. The van der Waals surface area contributed by atoms with E-state index in [1.54, 1.807) is 0 Å². The first-order chi connectivity index (χ1) is 8.24. The van der Waals surface area contributed by atoms with Gasteiger partial charge in [-0.1, -0.05) is 45.4 Å². The summed E-state index contributed by atoms with van der Waals surface area (Å²) in [5.41, 5.74) is 7.08. The number of hydrogen-bond donors (Lipinski definition) is 1. The molecule has 1 heterocycles. The van der Waals surface area contributed by atoms with Crippen molar-refractivity contribution in [3.05, 3.63) is 24.0 Å². The Hall–Kier alpha value is -0.760. The van der Waals surface area contributed by atoms with Gasteiger partial charge in [-0.2, -0.15) is 0 Å². The van der Waals surface area contributed by atoms with Crippen molar-refractivity contribution in [3.8, 4) is 0 Å². The van der Waals surface area contributed by atoms with Gasteiger partial charge in [-0.15, -0.1) is 0 Å². The number of nitrogens with two attached hydrogens (primary N) is 1. The molecule has 98 valence electrons. The van der Waals surface area contributed by atoms with E-state index in [4.69, 9.17) is 5.73 Å². The van der Waals surface area contributed by atoms with Crippen molar-refractivity contribution in [2.45, 2.75) is 71.4 Å². The van der Waals surface area contributed by atoms with E-state index in [0.717, 1.165) is 6.54 Å². The van der Waals surface area contributed by atoms with Crippen molar-refractivity contribution in [1.29, 1.82) is 0 Å². The van der Waals surface area contributed by atoms with Crippen LogP contribution in [0.1, 0.15) is 70.4 Å². The van der Waals surface area contributed by atoms with Crippen LogP contribution in [0.2, 0.25) is 0 Å². The third-order valence-electron chi connectivity index (χ3n) is 3.32. The fourth-order valence-electron chi connectivity index (χ4n) is 2.12. The zero-order valence-corrected chi connectivity index (χ0v) is 11.5. The molecule has 1 atom stereocenters. The third-order valence-corrected chi connectivity index (χ3v) is 3.32. The number of hydrogen-bond acceptors (Lipinski definition) is 1. The molecule has 2 heteroatoms. The number of aromatic nitrogens is 1. The molecule has 0 aromatic carbocycles. The molecule has 1 unspecified atom stereocenters. The molecule has 2 nitrogen and oxygen atoms in total. The Morgan fingerprint density at radius 3 is 2.35 bits per heavy atom. The summed E-state index contributed by atoms with van der Waals surface area (Å²) in [6.07, 6.45) is 13.9. The summed E-state index contributed by atoms with van der Waals surface area (Å²) in [4.78, 5) is 0. The summed E-state index contributed by atoms with van der Waals surface area (Å²) < 4.78 is 2.27. The van der Waals surface area contributed by atoms with E-state index in [0.29, 0.717) is 0 Å². The summed E-state index contributed by atoms with van der Waals surface area (Å²) in [6, 6.07) is 2.29. The van der Waals surface area contributed by atoms with Crippen LogP contribution in [0.5, 0.6) is 0 Å². The summed E-state index contributed by atoms with van der Waals surface area (Å²) in [6.45, 7) is 5.44. The normalized spacial score (nSPS) is 12.9. The van der Waals surface area contributed by atoms with Gasteiger partial charge in [0.2, 0.25) is 0 Å². The minimum Gasteiger partial charge on any atom is -0.354 e. The smallest absolute Gasteiger partial charge is 0.0281 e. The summed E-state index contributed by atoms with van der Waals surface area (Å²) in [5, 5.41) is 0. The Balaban J connectivity index is 2.05. The van der Waals surface area contributed by atoms with Crippen molar-refractivity contribution in [2.24, 2.45) is 5.73 Å². The van der Waals surface area contributed by atoms with Gasteiger partial charge in [0.25, 0.3) is 0 Å². The van der Waals surface area contributed by atoms with Gasteiger partial charge in [-0.25, -0.2) is 0 Å². The minimum atomic E-state index is 0.158. The summed E-state index contributed by atoms with van der Waals surface area (Å²) >= 11 is 0. The highest BCUT2D eigenvalue weighted by atomic mass is 14.9. The van der Waals surface area contributed by atoms with Crippen LogP contribution in [-0.2, 0) is 6.54 Å². The number of aryl methyl sites for hydroxylation is 1. The molecule has 2 N–H and O–H groups in total. The Morgan fingerprint density at radius 2 is 1.76 bits per heavy atom. The quantitative estimate of drug-likeness (QED) is 0.638. The van der Waals surface area contributed by atoms with E-state index in [1.165, 1.54) is 50.5 Å². The van der Waals surface area contributed by atoms with Gasteiger partial charge in [0.05, 0.1) is 0 Å². The molecule has 0 fully saturated rings. The van der Waals surface area contributed by atoms with Gasteiger partial charge in [-0.05, 0) is 25.0 Å². The van der Waals surface area contributed by atoms with E-state index in [1.807, 2.05) is 6.92 Å². The molecule has 0 spiro atoms. The predicted molar refractivity (Wildman–Crippen MR) is 75.0 cm³/mol. The molecule has 0 bridgehead atoms. The molecule has 0 aliphatic carbocycles. The molecule has 0 amide bonds. The van der Waals surface area contributed by atoms with Crippen molar-refractivity contribution < 1.29 is 0 Å². The molecule has 17 heavy (non-hydrogen) atoms. The van der Waals surface area contributed by atoms with Crippen LogP contribution in [0, 0.1) is 0 Å². The van der Waals surface area contributed by atoms with Crippen LogP contribution in [-0.4, -0.2) is 4.57 Å². The highest BCUT2D eigenvalue weighted by Gasteiger charge is 2.00. The molecule has 1 aromatic rings. The third kappa shape index (κ3) is 5.92. The van der Waals surface area contributed by atoms with Crippen LogP contribution in [0.4, 0.5) is 0 Å². The Morgan fingerprint density at radius 1 is 1.12 bits per heavy atom. The molecule has 1 rings (SSSR count). The molecular weight excluding hydrogens is 208 g/mol. The molecule has 0 aliphatic heterocycles. The second-order valence-corrected chi connectivity index (χ2v) is 5.09. The van der Waals surface area contributed by atoms with Crippen LogP contribution in [0.15, 0.2) is 18.5 Å². The highest BCUT2D eigenvalue weighted by Crippen LogP contribution is 2.12. The lowest BCUT2D eigenvalue weighted by atomic mass is 10.1. The second kappa shape index (κ2) is 8.35. The summed E-state index contributed by atoms with van der Waals surface area (Å²) in [7, 11) is 0. The molecule has 0 saturated heterocycles. The Labute approximate surface area is 106 Å². The zero-order valence-electron chi connectivity index (χ0n) is 11.5. The van der Waals surface area contributed by atoms with Gasteiger partial charge in [0, 0.05) is 25.0 Å². The highest BCUT2D eigenvalue weighted by molar-refractivity contribution is 5.13. The van der Waals surface area contributed by atoms with E-state index in [2.05, 4.69) is 30.0 Å². The minimum absolute atomic E-state index is 0.158. The Kier molecular flexibility index (Phi) is 7.02. The molecule has 0 aliphatic rings. The largest absolute Gasteiger partial charge is 0.354 e. The van der Waals surface area contributed by atoms with Gasteiger partial charge in [0.1, 0.15) is 0 Å². The molecule has 1 aromatic heterocycles. The van der Waals surface area contributed by atoms with Gasteiger partial charge in [-0.3, -0.25) is 0 Å². The zero-order chi connectivity index (χ0) is 12.5. The fourth-order valence-corrected chi connectivity index (χ4v) is 2.12. The Bertz CT molecular complexity index is 289. The van der Waals surface area contributed by atoms with E-state index in [-0.39, 0.29) is 6.04 Å². The predicted octanol–water partition coefficient (Wildman–Crippen LogP) is 4.26. The number of rotatable bonds is 9. The lowest BCUT2D eigenvalue weighted by Crippen LogP contribution is -2.03. The summed E-state index contributed by atoms with van der Waals surface area (Å²) in [5.74, 6) is 0. The van der Waals surface area contributed by atoms with Crippen molar-refractivity contribution in [1.82, 2.24) is 4.57 Å². The second-order valence-electron chi connectivity index (χ2n) is 5.09. The SMILES string of the molecule is CCCCCCCCCn1ccc(C(C)N)c1. The first-order valence-electron chi connectivity index (χ1n) is 7.15. The standard InChI is InChI=1S/C15H28N2/c1-3-4-5-6-7-8-9-11-17-12-10-15(13-17)14(2)16/h10,12-14H,3-9,11,16H2,1-2H3. The molecule has 0 saturated carbocycles. The number of nitrogens with zero attached hydrogens (tertiary/aromatic N) is 1. The van der Waals surface area contributed by atoms with Crippen LogP contribution < -0.4 is 5.73 Å². The maximum atomic E-state index is 5.84. The van der Waals surface area contributed by atoms with E-state index in [9.17, 15) is 0 Å². The van der Waals surface area contributed by atoms with Gasteiger partial charge >= 0.3 is 0 Å². The van der Waals surface area contributed by atoms with E-state index >= 15 is 0 Å². The van der Waals surface area contributed by atoms with Crippen molar-refractivity contribution in [2.75, 3.05) is 0 Å². The maximum absolute atomic E-state index is 5.84. The van der Waals surface area contributed by atoms with Gasteiger partial charge < -0.3 is 10.3 Å². The van der Waals surface area contributed by atoms with Gasteiger partial charge in [0.15, 0.2) is 0 Å². The molecule has 0 radical (unpaired) electrons. The van der Waals surface area contributed by atoms with Crippen LogP contribution in [0.3, 0.4) is 0 Å². The lowest BCUT2D eigenvalue weighted by molar-refractivity contribution is 0.550. The topological polar surface area (TPSA) is 30.9 Å². The first kappa shape index (κ1) is 14.3. The molecular formula is C15H28N2. The first-order valence-corrected chi connectivity index (χ1v) is 7.15. The van der Waals surface area contributed by atoms with Crippen molar-refractivity contribution >= 4 is 0 Å². The monoisotopic (exact) mass is 236 g/mol. The average molecular weight is 236 g/mol. The van der Waals surface area contributed by atoms with Crippen LogP contribution >= 0.6 is 0 Å². The average Bonchev–Trinajstić information content (AvgIpc) is 2.77. The van der Waals surface area contributed by atoms with Crippen molar-refractivity contribution in [3.63, 3.8) is 0 Å².